The molecule has 3 N–H and O–H groups in total. The Hall–Kier alpha value is -2.63. The highest BCUT2D eigenvalue weighted by Gasteiger charge is 2.09. The molecule has 0 aliphatic heterocycles. The lowest BCUT2D eigenvalue weighted by Crippen LogP contribution is -1.93. The lowest BCUT2D eigenvalue weighted by Gasteiger charge is -2.05. The van der Waals surface area contributed by atoms with Gasteiger partial charge in [0, 0.05) is 11.6 Å². The molecule has 1 aromatic carbocycles. The van der Waals surface area contributed by atoms with Gasteiger partial charge in [-0.1, -0.05) is 0 Å². The number of nitrogens with one attached hydrogen (secondary N) is 1. The van der Waals surface area contributed by atoms with Crippen LogP contribution in [0.2, 0.25) is 0 Å². The van der Waals surface area contributed by atoms with Gasteiger partial charge in [0.2, 0.25) is 0 Å². The van der Waals surface area contributed by atoms with Crippen molar-refractivity contribution in [1.29, 1.82) is 0 Å². The number of aromatic amines is 1. The molecule has 0 bridgehead atoms. The Kier molecular flexibility index (Phi) is 2.56. The fraction of sp³-hybridized carbons (Fsp3) is 0.0769. The third kappa shape index (κ3) is 1.97. The van der Waals surface area contributed by atoms with Gasteiger partial charge in [-0.3, -0.25) is 0 Å². The van der Waals surface area contributed by atoms with E-state index in [2.05, 4.69) is 15.0 Å². The van der Waals surface area contributed by atoms with E-state index in [4.69, 9.17) is 10.5 Å². The van der Waals surface area contributed by atoms with E-state index in [1.807, 2.05) is 6.07 Å². The molecule has 0 saturated carbocycles. The molecular formula is C13H11FN4O. The largest absolute Gasteiger partial charge is 0.495 e. The average Bonchev–Trinajstić information content (AvgIpc) is 2.81. The molecule has 19 heavy (non-hydrogen) atoms. The number of hydrogen-bond acceptors (Lipinski definition) is 4. The van der Waals surface area contributed by atoms with Crippen molar-refractivity contribution in [3.63, 3.8) is 0 Å². The number of halogens is 1. The Bertz CT molecular complexity index is 753. The first kappa shape index (κ1) is 11.5. The van der Waals surface area contributed by atoms with E-state index in [-0.39, 0.29) is 0 Å². The Morgan fingerprint density at radius 3 is 2.89 bits per heavy atom. The number of nitrogen functional groups attached to an aromatic ring is 1. The molecule has 3 rings (SSSR count). The van der Waals surface area contributed by atoms with Gasteiger partial charge in [0.05, 0.1) is 24.5 Å². The second-order valence-electron chi connectivity index (χ2n) is 4.07. The van der Waals surface area contributed by atoms with Crippen molar-refractivity contribution in [1.82, 2.24) is 15.0 Å². The van der Waals surface area contributed by atoms with Crippen LogP contribution >= 0.6 is 0 Å². The minimum absolute atomic E-state index is 0.406. The van der Waals surface area contributed by atoms with Crippen molar-refractivity contribution < 1.29 is 9.13 Å². The fourth-order valence-electron chi connectivity index (χ4n) is 1.89. The molecule has 0 radical (unpaired) electrons. The van der Waals surface area contributed by atoms with Crippen molar-refractivity contribution in [2.24, 2.45) is 0 Å². The lowest BCUT2D eigenvalue weighted by atomic mass is 10.2. The fourth-order valence-corrected chi connectivity index (χ4v) is 1.89. The monoisotopic (exact) mass is 258 g/mol. The number of H-pyrrole nitrogens is 1. The Morgan fingerprint density at radius 2 is 2.16 bits per heavy atom. The van der Waals surface area contributed by atoms with E-state index in [1.165, 1.54) is 6.07 Å². The van der Waals surface area contributed by atoms with Crippen LogP contribution in [0.3, 0.4) is 0 Å². The highest BCUT2D eigenvalue weighted by atomic mass is 19.1. The number of rotatable bonds is 2. The quantitative estimate of drug-likeness (QED) is 0.692. The molecule has 0 atom stereocenters. The second-order valence-corrected chi connectivity index (χ2v) is 4.07. The molecule has 2 heterocycles. The first-order chi connectivity index (χ1) is 9.17. The number of methoxy groups -OCH3 is 1. The number of fused-ring (bicyclic) bond motifs is 1. The Morgan fingerprint density at radius 1 is 1.32 bits per heavy atom. The van der Waals surface area contributed by atoms with Crippen molar-refractivity contribution in [3.05, 3.63) is 36.3 Å². The zero-order valence-electron chi connectivity index (χ0n) is 10.1. The highest BCUT2D eigenvalue weighted by molar-refractivity contribution is 5.77. The molecular weight excluding hydrogens is 247 g/mol. The number of pyridine rings is 1. The van der Waals surface area contributed by atoms with Crippen molar-refractivity contribution in [2.75, 3.05) is 12.8 Å². The number of imidazole rings is 1. The SMILES string of the molecule is COc1ccc(-c2nc3ncc(F)cc3[nH]2)cc1N. The van der Waals surface area contributed by atoms with Gasteiger partial charge < -0.3 is 15.5 Å². The molecule has 2 aromatic heterocycles. The third-order valence-electron chi connectivity index (χ3n) is 2.81. The van der Waals surface area contributed by atoms with Gasteiger partial charge >= 0.3 is 0 Å². The van der Waals surface area contributed by atoms with Crippen LogP contribution in [-0.4, -0.2) is 22.1 Å². The molecule has 96 valence electrons. The van der Waals surface area contributed by atoms with Crippen molar-refractivity contribution >= 4 is 16.9 Å². The number of hydrogen-bond donors (Lipinski definition) is 2. The topological polar surface area (TPSA) is 76.8 Å². The minimum atomic E-state index is -0.406. The summed E-state index contributed by atoms with van der Waals surface area (Å²) >= 11 is 0. The molecule has 3 aromatic rings. The zero-order valence-corrected chi connectivity index (χ0v) is 10.1. The number of ether oxygens (including phenoxy) is 1. The molecule has 0 saturated heterocycles. The van der Waals surface area contributed by atoms with E-state index in [0.717, 1.165) is 11.8 Å². The number of aromatic nitrogens is 3. The molecule has 0 aliphatic rings. The first-order valence-corrected chi connectivity index (χ1v) is 5.62. The van der Waals surface area contributed by atoms with Crippen LogP contribution in [0.25, 0.3) is 22.6 Å². The summed E-state index contributed by atoms with van der Waals surface area (Å²) in [5.74, 6) is 0.781. The maximum absolute atomic E-state index is 13.1. The molecule has 0 aliphatic carbocycles. The van der Waals surface area contributed by atoms with Crippen molar-refractivity contribution in [3.8, 4) is 17.1 Å². The van der Waals surface area contributed by atoms with Gasteiger partial charge in [-0.15, -0.1) is 0 Å². The summed E-state index contributed by atoms with van der Waals surface area (Å²) in [7, 11) is 1.55. The summed E-state index contributed by atoms with van der Waals surface area (Å²) in [6, 6.07) is 6.67. The van der Waals surface area contributed by atoms with E-state index < -0.39 is 5.82 Å². The summed E-state index contributed by atoms with van der Waals surface area (Å²) in [5, 5.41) is 0. The highest BCUT2D eigenvalue weighted by Crippen LogP contribution is 2.27. The maximum Gasteiger partial charge on any atom is 0.178 e. The summed E-state index contributed by atoms with van der Waals surface area (Å²) in [6.07, 6.45) is 1.13. The normalized spacial score (nSPS) is 10.8. The molecule has 5 nitrogen and oxygen atoms in total. The van der Waals surface area contributed by atoms with E-state index in [9.17, 15) is 4.39 Å². The van der Waals surface area contributed by atoms with Crippen LogP contribution in [0.1, 0.15) is 0 Å². The Balaban J connectivity index is 2.11. The van der Waals surface area contributed by atoms with E-state index >= 15 is 0 Å². The standard InChI is InChI=1S/C13H11FN4O/c1-19-11-3-2-7(4-9(11)15)12-17-10-5-8(14)6-16-13(10)18-12/h2-6H,15H2,1H3,(H,16,17,18). The van der Waals surface area contributed by atoms with Gasteiger partial charge in [0.15, 0.2) is 5.65 Å². The van der Waals surface area contributed by atoms with Crippen LogP contribution in [0, 0.1) is 5.82 Å². The maximum atomic E-state index is 13.1. The van der Waals surface area contributed by atoms with Gasteiger partial charge in [-0.2, -0.15) is 0 Å². The molecule has 0 amide bonds. The number of nitrogens with zero attached hydrogens (tertiary/aromatic N) is 2. The number of benzene rings is 1. The molecule has 0 unspecified atom stereocenters. The van der Waals surface area contributed by atoms with Crippen LogP contribution in [0.15, 0.2) is 30.5 Å². The predicted octanol–water partition coefficient (Wildman–Crippen LogP) is 2.35. The molecule has 0 spiro atoms. The second kappa shape index (κ2) is 4.24. The lowest BCUT2D eigenvalue weighted by molar-refractivity contribution is 0.417. The first-order valence-electron chi connectivity index (χ1n) is 5.62. The summed E-state index contributed by atoms with van der Waals surface area (Å²) in [5.41, 5.74) is 8.16. The Labute approximate surface area is 108 Å². The third-order valence-corrected chi connectivity index (χ3v) is 2.81. The van der Waals surface area contributed by atoms with Gasteiger partial charge in [0.1, 0.15) is 17.4 Å². The summed E-state index contributed by atoms with van der Waals surface area (Å²) in [6.45, 7) is 0. The predicted molar refractivity (Wildman–Crippen MR) is 70.2 cm³/mol. The molecule has 0 fully saturated rings. The summed E-state index contributed by atoms with van der Waals surface area (Å²) < 4.78 is 18.2. The van der Waals surface area contributed by atoms with Gasteiger partial charge in [-0.25, -0.2) is 14.4 Å². The van der Waals surface area contributed by atoms with Crippen LogP contribution in [0.5, 0.6) is 5.75 Å². The van der Waals surface area contributed by atoms with Crippen LogP contribution in [0.4, 0.5) is 10.1 Å². The number of nitrogens with two attached hydrogens (primary N) is 1. The minimum Gasteiger partial charge on any atom is -0.495 e. The zero-order chi connectivity index (χ0) is 13.4. The van der Waals surface area contributed by atoms with E-state index in [0.29, 0.717) is 28.4 Å². The smallest absolute Gasteiger partial charge is 0.178 e. The van der Waals surface area contributed by atoms with Crippen LogP contribution in [-0.2, 0) is 0 Å². The summed E-state index contributed by atoms with van der Waals surface area (Å²) in [4.78, 5) is 11.2. The van der Waals surface area contributed by atoms with E-state index in [1.54, 1.807) is 19.2 Å². The molecule has 6 heteroatoms. The van der Waals surface area contributed by atoms with Crippen LogP contribution < -0.4 is 10.5 Å². The van der Waals surface area contributed by atoms with Crippen molar-refractivity contribution in [2.45, 2.75) is 0 Å². The van der Waals surface area contributed by atoms with Gasteiger partial charge in [-0.05, 0) is 18.2 Å². The average molecular weight is 258 g/mol. The van der Waals surface area contributed by atoms with Gasteiger partial charge in [0.25, 0.3) is 0 Å². The number of anilines is 1.